The van der Waals surface area contributed by atoms with E-state index in [2.05, 4.69) is 5.32 Å². The van der Waals surface area contributed by atoms with Crippen molar-refractivity contribution in [2.75, 3.05) is 13.2 Å². The second-order valence-electron chi connectivity index (χ2n) is 6.44. The molecule has 5 nitrogen and oxygen atoms in total. The zero-order valence-electron chi connectivity index (χ0n) is 14.0. The molecule has 2 atom stereocenters. The van der Waals surface area contributed by atoms with Crippen molar-refractivity contribution in [2.45, 2.75) is 45.2 Å². The van der Waals surface area contributed by atoms with Gasteiger partial charge in [0.05, 0.1) is 18.8 Å². The topological polar surface area (TPSA) is 56.8 Å². The Labute approximate surface area is 137 Å². The predicted octanol–water partition coefficient (Wildman–Crippen LogP) is 3.05. The van der Waals surface area contributed by atoms with Crippen molar-refractivity contribution in [3.63, 3.8) is 0 Å². The molecule has 1 amide bonds. The lowest BCUT2D eigenvalue weighted by molar-refractivity contribution is -0.105. The summed E-state index contributed by atoms with van der Waals surface area (Å²) >= 11 is 0. The van der Waals surface area contributed by atoms with Crippen LogP contribution in [0.4, 0.5) is 4.79 Å². The second kappa shape index (κ2) is 8.13. The van der Waals surface area contributed by atoms with E-state index in [1.54, 1.807) is 0 Å². The van der Waals surface area contributed by atoms with E-state index < -0.39 is 6.09 Å². The van der Waals surface area contributed by atoms with Crippen molar-refractivity contribution in [3.05, 3.63) is 48.0 Å². The highest BCUT2D eigenvalue weighted by atomic mass is 16.6. The van der Waals surface area contributed by atoms with E-state index in [0.717, 1.165) is 5.56 Å². The van der Waals surface area contributed by atoms with E-state index in [-0.39, 0.29) is 24.4 Å². The Morgan fingerprint density at radius 3 is 2.70 bits per heavy atom. The minimum Gasteiger partial charge on any atom is -0.445 e. The number of ether oxygens (including phenoxy) is 3. The van der Waals surface area contributed by atoms with Crippen LogP contribution in [0.5, 0.6) is 0 Å². The number of amides is 1. The summed E-state index contributed by atoms with van der Waals surface area (Å²) in [6, 6.07) is 9.57. The summed E-state index contributed by atoms with van der Waals surface area (Å²) < 4.78 is 16.8. The molecule has 0 aromatic heterocycles. The lowest BCUT2D eigenvalue weighted by atomic mass is 10.1. The minimum atomic E-state index is -0.460. The normalized spacial score (nSPS) is 18.7. The largest absolute Gasteiger partial charge is 0.445 e. The number of benzene rings is 1. The summed E-state index contributed by atoms with van der Waals surface area (Å²) in [5.74, 6) is 0. The van der Waals surface area contributed by atoms with Gasteiger partial charge in [-0.1, -0.05) is 42.5 Å². The van der Waals surface area contributed by atoms with Gasteiger partial charge in [0.15, 0.2) is 0 Å². The van der Waals surface area contributed by atoms with Gasteiger partial charge in [0.1, 0.15) is 18.8 Å². The molecule has 0 spiro atoms. The van der Waals surface area contributed by atoms with E-state index >= 15 is 0 Å². The van der Waals surface area contributed by atoms with Gasteiger partial charge in [0.25, 0.3) is 0 Å². The summed E-state index contributed by atoms with van der Waals surface area (Å²) in [6.45, 7) is 7.09. The summed E-state index contributed by atoms with van der Waals surface area (Å²) in [7, 11) is 0. The number of carbonyl (C=O) groups excluding carboxylic acids is 1. The quantitative estimate of drug-likeness (QED) is 0.819. The number of carbonyl (C=O) groups is 1. The summed E-state index contributed by atoms with van der Waals surface area (Å²) in [5.41, 5.74) is 0.632. The van der Waals surface area contributed by atoms with Gasteiger partial charge in [-0.25, -0.2) is 4.79 Å². The predicted molar refractivity (Wildman–Crippen MR) is 88.1 cm³/mol. The maximum atomic E-state index is 11.9. The van der Waals surface area contributed by atoms with Gasteiger partial charge < -0.3 is 19.5 Å². The zero-order chi connectivity index (χ0) is 16.7. The average Bonchev–Trinajstić information content (AvgIpc) is 3.03. The molecule has 1 heterocycles. The van der Waals surface area contributed by atoms with Crippen LogP contribution in [-0.2, 0) is 20.8 Å². The van der Waals surface area contributed by atoms with Gasteiger partial charge in [-0.15, -0.1) is 0 Å². The first-order chi connectivity index (χ1) is 10.9. The molecular weight excluding hydrogens is 294 g/mol. The standard InChI is InChI=1S/C18H25NO4/c1-18(2,3)23-16(15-10-7-11-21-15)12-19-17(20)22-13-14-8-5-4-6-9-14/h4-10,15-16H,11-13H2,1-3H3,(H,19,20)/t15-,16-/m0/s1. The van der Waals surface area contributed by atoms with Crippen LogP contribution in [0.2, 0.25) is 0 Å². The summed E-state index contributed by atoms with van der Waals surface area (Å²) in [6.07, 6.45) is 3.06. The first-order valence-electron chi connectivity index (χ1n) is 7.85. The fourth-order valence-corrected chi connectivity index (χ4v) is 2.28. The van der Waals surface area contributed by atoms with Crippen LogP contribution in [-0.4, -0.2) is 37.1 Å². The van der Waals surface area contributed by atoms with Crippen molar-refractivity contribution in [2.24, 2.45) is 0 Å². The number of hydrogen-bond acceptors (Lipinski definition) is 4. The number of hydrogen-bond donors (Lipinski definition) is 1. The Morgan fingerprint density at radius 1 is 1.35 bits per heavy atom. The Balaban J connectivity index is 1.80. The van der Waals surface area contributed by atoms with Crippen LogP contribution < -0.4 is 5.32 Å². The number of alkyl carbamates (subject to hydrolysis) is 1. The fraction of sp³-hybridized carbons (Fsp3) is 0.500. The van der Waals surface area contributed by atoms with Crippen molar-refractivity contribution in [1.82, 2.24) is 5.32 Å². The second-order valence-corrected chi connectivity index (χ2v) is 6.44. The molecule has 5 heteroatoms. The van der Waals surface area contributed by atoms with Gasteiger partial charge in [-0.2, -0.15) is 0 Å². The minimum absolute atomic E-state index is 0.149. The molecule has 1 aliphatic heterocycles. The molecule has 0 bridgehead atoms. The third-order valence-electron chi connectivity index (χ3n) is 3.24. The SMILES string of the molecule is CC(C)(C)O[C@@H](CNC(=O)OCc1ccccc1)[C@@H]1C=CCO1. The van der Waals surface area contributed by atoms with Gasteiger partial charge in [0.2, 0.25) is 0 Å². The summed E-state index contributed by atoms with van der Waals surface area (Å²) in [5, 5.41) is 2.75. The van der Waals surface area contributed by atoms with E-state index in [0.29, 0.717) is 13.2 Å². The lowest BCUT2D eigenvalue weighted by Gasteiger charge is -2.30. The maximum Gasteiger partial charge on any atom is 0.407 e. The van der Waals surface area contributed by atoms with Gasteiger partial charge in [-0.05, 0) is 26.3 Å². The molecule has 0 aliphatic carbocycles. The zero-order valence-corrected chi connectivity index (χ0v) is 14.0. The van der Waals surface area contributed by atoms with Crippen molar-refractivity contribution in [3.8, 4) is 0 Å². The molecule has 1 aromatic rings. The maximum absolute atomic E-state index is 11.9. The molecule has 0 fully saturated rings. The van der Waals surface area contributed by atoms with Gasteiger partial charge in [0, 0.05) is 0 Å². The first kappa shape index (κ1) is 17.5. The number of rotatable bonds is 6. The van der Waals surface area contributed by atoms with Crippen LogP contribution in [0.3, 0.4) is 0 Å². The molecule has 1 aliphatic rings. The van der Waals surface area contributed by atoms with Crippen LogP contribution in [0, 0.1) is 0 Å². The van der Waals surface area contributed by atoms with E-state index in [1.165, 1.54) is 0 Å². The number of nitrogens with one attached hydrogen (secondary N) is 1. The molecule has 0 saturated heterocycles. The van der Waals surface area contributed by atoms with E-state index in [4.69, 9.17) is 14.2 Å². The smallest absolute Gasteiger partial charge is 0.407 e. The Kier molecular flexibility index (Phi) is 6.19. The van der Waals surface area contributed by atoms with Gasteiger partial charge >= 0.3 is 6.09 Å². The molecular formula is C18H25NO4. The highest BCUT2D eigenvalue weighted by Crippen LogP contribution is 2.18. The van der Waals surface area contributed by atoms with Crippen molar-refractivity contribution in [1.29, 1.82) is 0 Å². The molecule has 2 rings (SSSR count). The van der Waals surface area contributed by atoms with Crippen LogP contribution in [0.25, 0.3) is 0 Å². The van der Waals surface area contributed by atoms with Crippen LogP contribution in [0.15, 0.2) is 42.5 Å². The third kappa shape index (κ3) is 6.42. The lowest BCUT2D eigenvalue weighted by Crippen LogP contribution is -2.44. The summed E-state index contributed by atoms with van der Waals surface area (Å²) in [4.78, 5) is 11.9. The van der Waals surface area contributed by atoms with Crippen LogP contribution in [0.1, 0.15) is 26.3 Å². The van der Waals surface area contributed by atoms with E-state index in [9.17, 15) is 4.79 Å². The molecule has 0 saturated carbocycles. The third-order valence-corrected chi connectivity index (χ3v) is 3.24. The van der Waals surface area contributed by atoms with E-state index in [1.807, 2.05) is 63.3 Å². The van der Waals surface area contributed by atoms with Crippen LogP contribution >= 0.6 is 0 Å². The average molecular weight is 319 g/mol. The molecule has 126 valence electrons. The molecule has 0 radical (unpaired) electrons. The first-order valence-corrected chi connectivity index (χ1v) is 7.85. The van der Waals surface area contributed by atoms with Gasteiger partial charge in [-0.3, -0.25) is 0 Å². The highest BCUT2D eigenvalue weighted by Gasteiger charge is 2.28. The molecule has 1 aromatic carbocycles. The molecule has 23 heavy (non-hydrogen) atoms. The fourth-order valence-electron chi connectivity index (χ4n) is 2.28. The Bertz CT molecular complexity index is 522. The Hall–Kier alpha value is -1.85. The molecule has 1 N–H and O–H groups in total. The van der Waals surface area contributed by atoms with Crippen molar-refractivity contribution >= 4 is 6.09 Å². The molecule has 0 unspecified atom stereocenters. The Morgan fingerprint density at radius 2 is 2.09 bits per heavy atom. The monoisotopic (exact) mass is 319 g/mol. The highest BCUT2D eigenvalue weighted by molar-refractivity contribution is 5.67. The van der Waals surface area contributed by atoms with Crippen molar-refractivity contribution < 1.29 is 19.0 Å².